The van der Waals surface area contributed by atoms with Crippen molar-refractivity contribution < 1.29 is 0 Å². The second-order valence-electron chi connectivity index (χ2n) is 13.8. The third kappa shape index (κ3) is 4.08. The molecule has 10 rings (SSSR count). The molecule has 4 heteroatoms. The molecule has 2 aromatic heterocycles. The fourth-order valence-corrected chi connectivity index (χ4v) is 8.24. The van der Waals surface area contributed by atoms with Gasteiger partial charge in [-0.15, -0.1) is 0 Å². The first-order valence-corrected chi connectivity index (χ1v) is 16.8. The lowest BCUT2D eigenvalue weighted by Crippen LogP contribution is -2.19. The first-order valence-electron chi connectivity index (χ1n) is 16.8. The predicted molar refractivity (Wildman–Crippen MR) is 192 cm³/mol. The predicted octanol–water partition coefficient (Wildman–Crippen LogP) is 10.5. The monoisotopic (exact) mass is 616 g/mol. The van der Waals surface area contributed by atoms with E-state index in [2.05, 4.69) is 111 Å². The van der Waals surface area contributed by atoms with Gasteiger partial charge in [-0.25, -0.2) is 19.9 Å². The molecule has 48 heavy (non-hydrogen) atoms. The van der Waals surface area contributed by atoms with Gasteiger partial charge in [-0.3, -0.25) is 0 Å². The van der Waals surface area contributed by atoms with Gasteiger partial charge in [0.1, 0.15) is 5.69 Å². The van der Waals surface area contributed by atoms with Crippen LogP contribution >= 0.6 is 0 Å². The third-order valence-electron chi connectivity index (χ3n) is 10.6. The van der Waals surface area contributed by atoms with Crippen LogP contribution in [-0.2, 0) is 5.41 Å². The van der Waals surface area contributed by atoms with Crippen LogP contribution < -0.4 is 0 Å². The van der Waals surface area contributed by atoms with Crippen LogP contribution in [-0.4, -0.2) is 19.9 Å². The van der Waals surface area contributed by atoms with Crippen LogP contribution in [0.2, 0.25) is 0 Å². The highest BCUT2D eigenvalue weighted by Gasteiger charge is 2.51. The summed E-state index contributed by atoms with van der Waals surface area (Å²) in [5.41, 5.74) is 16.0. The summed E-state index contributed by atoms with van der Waals surface area (Å²) in [5.74, 6) is 2.80. The summed E-state index contributed by atoms with van der Waals surface area (Å²) in [6.45, 7) is 4.79. The normalized spacial score (nSPS) is 17.5. The average Bonchev–Trinajstić information content (AvgIpc) is 3.92. The van der Waals surface area contributed by atoms with E-state index in [-0.39, 0.29) is 5.41 Å². The molecule has 0 radical (unpaired) electrons. The topological polar surface area (TPSA) is 51.6 Å². The minimum atomic E-state index is -0.0241. The third-order valence-corrected chi connectivity index (χ3v) is 10.6. The summed E-state index contributed by atoms with van der Waals surface area (Å²) in [6.07, 6.45) is 1.13. The van der Waals surface area contributed by atoms with E-state index in [4.69, 9.17) is 19.9 Å². The van der Waals surface area contributed by atoms with Crippen molar-refractivity contribution >= 4 is 0 Å². The quantitative estimate of drug-likeness (QED) is 0.197. The Bertz CT molecular complexity index is 2400. The summed E-state index contributed by atoms with van der Waals surface area (Å²) in [5, 5.41) is 0. The highest BCUT2D eigenvalue weighted by atomic mass is 15.0. The van der Waals surface area contributed by atoms with E-state index in [0.717, 1.165) is 28.8 Å². The second kappa shape index (κ2) is 10.1. The maximum atomic E-state index is 5.35. The van der Waals surface area contributed by atoms with Crippen molar-refractivity contribution in [1.29, 1.82) is 0 Å². The van der Waals surface area contributed by atoms with Crippen LogP contribution in [0.5, 0.6) is 0 Å². The largest absolute Gasteiger partial charge is 0.249 e. The maximum Gasteiger partial charge on any atom is 0.182 e. The van der Waals surface area contributed by atoms with E-state index in [0.29, 0.717) is 29.3 Å². The Hall–Kier alpha value is -5.74. The molecule has 3 aliphatic carbocycles. The highest BCUT2D eigenvalue weighted by molar-refractivity contribution is 5.89. The molecule has 5 aromatic carbocycles. The maximum absolute atomic E-state index is 5.35. The minimum Gasteiger partial charge on any atom is -0.249 e. The van der Waals surface area contributed by atoms with E-state index in [1.54, 1.807) is 0 Å². The fourth-order valence-electron chi connectivity index (χ4n) is 8.24. The molecule has 7 aromatic rings. The number of hydrogen-bond donors (Lipinski definition) is 0. The molecular weight excluding hydrogens is 585 g/mol. The van der Waals surface area contributed by atoms with Crippen molar-refractivity contribution in [3.63, 3.8) is 0 Å². The first-order chi connectivity index (χ1) is 23.5. The molecule has 0 aliphatic heterocycles. The molecule has 2 unspecified atom stereocenters. The lowest BCUT2D eigenvalue weighted by Gasteiger charge is -2.29. The zero-order chi connectivity index (χ0) is 32.0. The van der Waals surface area contributed by atoms with Crippen molar-refractivity contribution in [3.8, 4) is 67.7 Å². The molecule has 0 N–H and O–H groups in total. The smallest absolute Gasteiger partial charge is 0.182 e. The molecule has 0 amide bonds. The van der Waals surface area contributed by atoms with E-state index < -0.39 is 0 Å². The number of rotatable bonds is 4. The zero-order valence-corrected chi connectivity index (χ0v) is 26.9. The van der Waals surface area contributed by atoms with Gasteiger partial charge in [0, 0.05) is 28.0 Å². The highest BCUT2D eigenvalue weighted by Crippen LogP contribution is 2.66. The number of pyridine rings is 1. The number of hydrogen-bond acceptors (Lipinski definition) is 4. The molecule has 4 nitrogen and oxygen atoms in total. The molecule has 1 fully saturated rings. The molecular formula is C44H32N4. The van der Waals surface area contributed by atoms with Crippen LogP contribution in [0.3, 0.4) is 0 Å². The standard InChI is InChI=1S/C44H32N4/c1-44(2)36-16-10-9-15-30(36)32-22-21-31-33-23-24-37(45-40(33)35-25-34(35)38(31)39(32)44)43-47-41(28-13-7-4-8-14-28)46-42(48-43)29-19-17-27(18-20-29)26-11-5-3-6-12-26/h3-24,34-35H,25H2,1-2H3. The van der Waals surface area contributed by atoms with E-state index in [1.807, 2.05) is 36.4 Å². The van der Waals surface area contributed by atoms with Crippen molar-refractivity contribution in [2.24, 2.45) is 0 Å². The molecule has 3 aliphatic rings. The zero-order valence-electron chi connectivity index (χ0n) is 26.9. The molecule has 0 spiro atoms. The second-order valence-corrected chi connectivity index (χ2v) is 13.8. The van der Waals surface area contributed by atoms with Gasteiger partial charge >= 0.3 is 0 Å². The SMILES string of the molecule is CC1(C)c2ccccc2-c2ccc3c(c21)C1CC1c1nc(-c2nc(-c4ccccc4)nc(-c4ccc(-c5ccccc5)cc4)n2)ccc1-3. The summed E-state index contributed by atoms with van der Waals surface area (Å²) in [7, 11) is 0. The Kier molecular flexibility index (Phi) is 5.78. The summed E-state index contributed by atoms with van der Waals surface area (Å²) < 4.78 is 0. The lowest BCUT2D eigenvalue weighted by atomic mass is 9.75. The Morgan fingerprint density at radius 2 is 1.02 bits per heavy atom. The van der Waals surface area contributed by atoms with E-state index >= 15 is 0 Å². The van der Waals surface area contributed by atoms with Crippen molar-refractivity contribution in [2.45, 2.75) is 37.5 Å². The van der Waals surface area contributed by atoms with Crippen LogP contribution in [0, 0.1) is 0 Å². The fraction of sp³-hybridized carbons (Fsp3) is 0.136. The molecule has 0 saturated heterocycles. The number of nitrogens with zero attached hydrogens (tertiary/aromatic N) is 4. The van der Waals surface area contributed by atoms with Crippen LogP contribution in [0.25, 0.3) is 67.7 Å². The van der Waals surface area contributed by atoms with Gasteiger partial charge in [0.05, 0.1) is 5.69 Å². The average molecular weight is 617 g/mol. The Morgan fingerprint density at radius 3 is 1.77 bits per heavy atom. The van der Waals surface area contributed by atoms with Crippen LogP contribution in [0.1, 0.15) is 54.5 Å². The number of fused-ring (bicyclic) bond motifs is 10. The van der Waals surface area contributed by atoms with Crippen molar-refractivity contribution in [1.82, 2.24) is 19.9 Å². The van der Waals surface area contributed by atoms with E-state index in [1.165, 1.54) is 50.2 Å². The molecule has 0 bridgehead atoms. The van der Waals surface area contributed by atoms with Crippen LogP contribution in [0.15, 0.2) is 133 Å². The van der Waals surface area contributed by atoms with Crippen molar-refractivity contribution in [2.75, 3.05) is 0 Å². The van der Waals surface area contributed by atoms with Gasteiger partial charge in [-0.05, 0) is 62.9 Å². The summed E-state index contributed by atoms with van der Waals surface area (Å²) in [6, 6.07) is 47.0. The Balaban J connectivity index is 1.08. The lowest BCUT2D eigenvalue weighted by molar-refractivity contribution is 0.650. The Labute approximate surface area is 280 Å². The summed E-state index contributed by atoms with van der Waals surface area (Å²) in [4.78, 5) is 20.3. The van der Waals surface area contributed by atoms with Crippen molar-refractivity contribution in [3.05, 3.63) is 156 Å². The molecule has 1 saturated carbocycles. The minimum absolute atomic E-state index is 0.0241. The van der Waals surface area contributed by atoms with Gasteiger partial charge in [0.15, 0.2) is 17.5 Å². The molecule has 2 heterocycles. The van der Waals surface area contributed by atoms with Gasteiger partial charge in [0.2, 0.25) is 0 Å². The first kappa shape index (κ1) is 27.4. The van der Waals surface area contributed by atoms with Gasteiger partial charge < -0.3 is 0 Å². The molecule has 228 valence electrons. The number of aromatic nitrogens is 4. The van der Waals surface area contributed by atoms with Gasteiger partial charge in [0.25, 0.3) is 0 Å². The number of benzene rings is 5. The van der Waals surface area contributed by atoms with E-state index in [9.17, 15) is 0 Å². The molecule has 2 atom stereocenters. The van der Waals surface area contributed by atoms with Gasteiger partial charge in [-0.1, -0.05) is 141 Å². The van der Waals surface area contributed by atoms with Gasteiger partial charge in [-0.2, -0.15) is 0 Å². The summed E-state index contributed by atoms with van der Waals surface area (Å²) >= 11 is 0. The van der Waals surface area contributed by atoms with Crippen LogP contribution in [0.4, 0.5) is 0 Å². The Morgan fingerprint density at radius 1 is 0.458 bits per heavy atom.